The average molecular weight is 1180 g/mol. The number of hydrogen-bond donors (Lipinski definition) is 9. The van der Waals surface area contributed by atoms with Crippen LogP contribution in [0.5, 0.6) is 0 Å². The molecule has 0 bridgehead atoms. The Bertz CT molecular complexity index is 3210. The Kier molecular flexibility index (Phi) is 21.0. The molecule has 0 unspecified atom stereocenters. The van der Waals surface area contributed by atoms with Gasteiger partial charge in [-0.25, -0.2) is 39.3 Å². The predicted octanol–water partition coefficient (Wildman–Crippen LogP) is 5.14. The highest BCUT2D eigenvalue weighted by Crippen LogP contribution is 2.27. The first-order valence-corrected chi connectivity index (χ1v) is 27.7. The number of benzene rings is 3. The fourth-order valence-electron chi connectivity index (χ4n) is 9.65. The molecule has 2 aliphatic carbocycles. The molecule has 6 aromatic rings. The number of carbonyl (C=O) groups is 6. The minimum atomic E-state index is -0.602. The molecule has 1 fully saturated rings. The Hall–Kier alpha value is -7.93. The molecular formula is C55H63BrClN15O8. The SMILES string of the molecule is NCCCCNC(=O)Nc1nccnc1C(=O)NC1Cc2ccccc2C1.O=C(C[C@H]1NCCC[C@@H]1OC(=O)NCCCCNC(=O)Nc1nccnc1C(=O)NC1Cc2ccccc2C1)Cn1cnc2cc(Br)c(Cl)cc2c1=O. The fraction of sp³-hybridized carbons (Fsp3) is 0.382. The Morgan fingerprint density at radius 2 is 1.21 bits per heavy atom. The topological polar surface area (TPSA) is 320 Å². The van der Waals surface area contributed by atoms with Crippen LogP contribution in [0, 0.1) is 0 Å². The summed E-state index contributed by atoms with van der Waals surface area (Å²) in [6.45, 7) is 2.20. The van der Waals surface area contributed by atoms with Crippen LogP contribution in [0.2, 0.25) is 5.02 Å². The highest BCUT2D eigenvalue weighted by atomic mass is 79.9. The van der Waals surface area contributed by atoms with Gasteiger partial charge in [0.2, 0.25) is 0 Å². The van der Waals surface area contributed by atoms with Crippen LogP contribution in [0.1, 0.15) is 88.2 Å². The lowest BCUT2D eigenvalue weighted by atomic mass is 9.96. The molecule has 0 radical (unpaired) electrons. The van der Waals surface area contributed by atoms with Gasteiger partial charge < -0.3 is 42.4 Å². The highest BCUT2D eigenvalue weighted by Gasteiger charge is 2.31. The number of halogens is 2. The number of fused-ring (bicyclic) bond motifs is 3. The van der Waals surface area contributed by atoms with E-state index in [9.17, 15) is 33.6 Å². The summed E-state index contributed by atoms with van der Waals surface area (Å²) in [6.07, 6.45) is 13.1. The van der Waals surface area contributed by atoms with Crippen molar-refractivity contribution in [2.75, 3.05) is 43.4 Å². The molecule has 2 atom stereocenters. The lowest BCUT2D eigenvalue weighted by Gasteiger charge is -2.31. The number of piperidine rings is 1. The van der Waals surface area contributed by atoms with Gasteiger partial charge >= 0.3 is 18.2 Å². The number of nitrogens with zero attached hydrogens (tertiary/aromatic N) is 6. The third-order valence-corrected chi connectivity index (χ3v) is 14.8. The van der Waals surface area contributed by atoms with E-state index >= 15 is 0 Å². The van der Waals surface area contributed by atoms with Crippen molar-refractivity contribution in [2.45, 2.75) is 101 Å². The van der Waals surface area contributed by atoms with Crippen LogP contribution in [0.3, 0.4) is 0 Å². The van der Waals surface area contributed by atoms with Crippen molar-refractivity contribution in [3.05, 3.63) is 145 Å². The van der Waals surface area contributed by atoms with E-state index < -0.39 is 36.2 Å². The van der Waals surface area contributed by atoms with E-state index in [0.717, 1.165) is 44.9 Å². The van der Waals surface area contributed by atoms with Crippen molar-refractivity contribution >= 4 is 85.8 Å². The number of alkyl carbamates (subject to hydrolysis) is 1. The third-order valence-electron chi connectivity index (χ3n) is 13.6. The maximum absolute atomic E-state index is 13.0. The van der Waals surface area contributed by atoms with Gasteiger partial charge in [0.05, 0.1) is 34.8 Å². The lowest BCUT2D eigenvalue weighted by Crippen LogP contribution is -2.49. The van der Waals surface area contributed by atoms with Gasteiger partial charge in [0.1, 0.15) is 6.10 Å². The van der Waals surface area contributed by atoms with Crippen molar-refractivity contribution in [3.63, 3.8) is 0 Å². The molecule has 3 aliphatic rings. The number of Topliss-reactive ketones (excluding diaryl/α,β-unsaturated/α-hetero) is 1. The van der Waals surface area contributed by atoms with Crippen LogP contribution in [0.15, 0.2) is 101 Å². The van der Waals surface area contributed by atoms with Crippen LogP contribution >= 0.6 is 27.5 Å². The van der Waals surface area contributed by atoms with Gasteiger partial charge in [-0.15, -0.1) is 0 Å². The molecular weight excluding hydrogens is 1110 g/mol. The van der Waals surface area contributed by atoms with E-state index in [1.165, 1.54) is 64.0 Å². The summed E-state index contributed by atoms with van der Waals surface area (Å²) in [7, 11) is 0. The number of urea groups is 2. The summed E-state index contributed by atoms with van der Waals surface area (Å²) >= 11 is 9.48. The normalized spacial score (nSPS) is 15.5. The Labute approximate surface area is 474 Å². The maximum atomic E-state index is 13.0. The zero-order valence-electron chi connectivity index (χ0n) is 43.8. The van der Waals surface area contributed by atoms with Gasteiger partial charge in [-0.05, 0) is 128 Å². The van der Waals surface area contributed by atoms with E-state index in [-0.39, 0.29) is 65.3 Å². The maximum Gasteiger partial charge on any atom is 0.407 e. The van der Waals surface area contributed by atoms with E-state index in [1.807, 2.05) is 24.3 Å². The number of nitrogens with one attached hydrogen (secondary N) is 8. The molecule has 1 aliphatic heterocycles. The first-order chi connectivity index (χ1) is 38.8. The molecule has 3 aromatic carbocycles. The van der Waals surface area contributed by atoms with Gasteiger partial charge in [-0.1, -0.05) is 60.1 Å². The molecule has 25 heteroatoms. The molecule has 23 nitrogen and oxygen atoms in total. The lowest BCUT2D eigenvalue weighted by molar-refractivity contribution is -0.121. The van der Waals surface area contributed by atoms with E-state index in [1.54, 1.807) is 6.07 Å². The second-order valence-corrected chi connectivity index (χ2v) is 20.7. The summed E-state index contributed by atoms with van der Waals surface area (Å²) in [4.78, 5) is 110. The van der Waals surface area contributed by atoms with Gasteiger partial charge in [-0.3, -0.25) is 34.4 Å². The number of hydrogen-bond acceptors (Lipinski definition) is 15. The van der Waals surface area contributed by atoms with Gasteiger partial charge in [0.25, 0.3) is 17.4 Å². The number of rotatable bonds is 20. The summed E-state index contributed by atoms with van der Waals surface area (Å²) in [6, 6.07) is 18.0. The molecule has 9 rings (SSSR count). The standard InChI is InChI=1S/C36H39BrClN9O6.C19H24N6O2/c37-26-18-28-25(17-27(26)38)34(50)47(20-44-28)19-24(48)16-29-30(8-5-11-39-29)53-36(52)43-10-4-3-9-42-35(51)46-32-31(40-12-13-41-32)33(49)45-23-14-21-6-1-2-7-22(21)15-23;20-7-3-4-8-23-19(27)25-17-16(21-9-10-22-17)18(26)24-15-11-13-5-1-2-6-14(13)12-15/h1-2,6-7,12-13,17-18,20,23,29-30,39H,3-5,8-11,14-16,19H2,(H,43,52)(H,45,49)(H2,41,42,46,51);1-2,5-6,9-10,15H,3-4,7-8,11-12,20H2,(H,24,26)(H2,22,23,25,27)/t29-,30+;/m1./s1. The highest BCUT2D eigenvalue weighted by molar-refractivity contribution is 9.10. The average Bonchev–Trinajstić information content (AvgIpc) is 4.07. The van der Waals surface area contributed by atoms with Crippen molar-refractivity contribution < 1.29 is 33.5 Å². The molecule has 3 aromatic heterocycles. The zero-order chi connectivity index (χ0) is 56.4. The molecule has 80 heavy (non-hydrogen) atoms. The van der Waals surface area contributed by atoms with Crippen molar-refractivity contribution in [2.24, 2.45) is 5.73 Å². The third kappa shape index (κ3) is 16.3. The first kappa shape index (κ1) is 58.2. The largest absolute Gasteiger partial charge is 0.445 e. The van der Waals surface area contributed by atoms with E-state index in [0.29, 0.717) is 72.4 Å². The second-order valence-electron chi connectivity index (χ2n) is 19.4. The molecule has 10 N–H and O–H groups in total. The minimum absolute atomic E-state index is 0.00912. The first-order valence-electron chi connectivity index (χ1n) is 26.5. The van der Waals surface area contributed by atoms with Crippen LogP contribution in [-0.4, -0.2) is 122 Å². The molecule has 4 heterocycles. The number of aromatic nitrogens is 6. The van der Waals surface area contributed by atoms with E-state index in [4.69, 9.17) is 22.1 Å². The Balaban J connectivity index is 0.000000261. The zero-order valence-corrected chi connectivity index (χ0v) is 46.1. The number of ether oxygens (including phenoxy) is 1. The number of anilines is 2. The van der Waals surface area contributed by atoms with Gasteiger partial charge in [0.15, 0.2) is 28.8 Å². The summed E-state index contributed by atoms with van der Waals surface area (Å²) < 4.78 is 7.54. The Morgan fingerprint density at radius 1 is 0.700 bits per heavy atom. The number of carbonyl (C=O) groups excluding carboxylic acids is 6. The van der Waals surface area contributed by atoms with Gasteiger partial charge in [-0.2, -0.15) is 0 Å². The minimum Gasteiger partial charge on any atom is -0.445 e. The molecule has 1 saturated heterocycles. The van der Waals surface area contributed by atoms with E-state index in [2.05, 4.69) is 108 Å². The van der Waals surface area contributed by atoms with Crippen LogP contribution < -0.4 is 53.8 Å². The second kappa shape index (κ2) is 28.8. The number of ketones is 1. The summed E-state index contributed by atoms with van der Waals surface area (Å²) in [5, 5.41) is 23.3. The summed E-state index contributed by atoms with van der Waals surface area (Å²) in [5.41, 5.74) is 10.5. The predicted molar refractivity (Wildman–Crippen MR) is 303 cm³/mol. The molecule has 420 valence electrons. The van der Waals surface area contributed by atoms with Crippen LogP contribution in [-0.2, 0) is 41.8 Å². The molecule has 7 amide bonds. The molecule has 0 saturated carbocycles. The smallest absolute Gasteiger partial charge is 0.407 e. The number of amides is 7. The number of unbranched alkanes of at least 4 members (excludes halogenated alkanes) is 2. The quantitative estimate of drug-likeness (QED) is 0.0447. The number of nitrogens with two attached hydrogens (primary N) is 1. The summed E-state index contributed by atoms with van der Waals surface area (Å²) in [5.74, 6) is -0.781. The van der Waals surface area contributed by atoms with Crippen LogP contribution in [0.25, 0.3) is 10.9 Å². The van der Waals surface area contributed by atoms with Crippen molar-refractivity contribution in [3.8, 4) is 0 Å². The monoisotopic (exact) mass is 1180 g/mol. The molecule has 0 spiro atoms. The van der Waals surface area contributed by atoms with Crippen molar-refractivity contribution in [1.82, 2.24) is 61.4 Å². The van der Waals surface area contributed by atoms with Gasteiger partial charge in [0, 0.05) is 67.4 Å². The fourth-order valence-corrected chi connectivity index (χ4v) is 10.1. The van der Waals surface area contributed by atoms with Crippen LogP contribution in [0.4, 0.5) is 26.0 Å². The van der Waals surface area contributed by atoms with Crippen molar-refractivity contribution in [1.29, 1.82) is 0 Å². The Morgan fingerprint density at radius 3 is 1.75 bits per heavy atom.